The Morgan fingerprint density at radius 1 is 1.57 bits per heavy atom. The zero-order valence-electron chi connectivity index (χ0n) is 7.71. The van der Waals surface area contributed by atoms with E-state index in [9.17, 15) is 14.9 Å². The lowest BCUT2D eigenvalue weighted by Crippen LogP contribution is -1.88. The third-order valence-electron chi connectivity index (χ3n) is 1.22. The molecule has 14 heavy (non-hydrogen) atoms. The quantitative estimate of drug-likeness (QED) is 0.441. The number of nitro groups is 1. The van der Waals surface area contributed by atoms with Crippen molar-refractivity contribution in [2.45, 2.75) is 6.92 Å². The van der Waals surface area contributed by atoms with Gasteiger partial charge in [0, 0.05) is 24.3 Å². The van der Waals surface area contributed by atoms with E-state index in [0.717, 1.165) is 0 Å². The van der Waals surface area contributed by atoms with Crippen LogP contribution in [0, 0.1) is 10.1 Å². The van der Waals surface area contributed by atoms with E-state index >= 15 is 0 Å². The molecule has 0 aliphatic heterocycles. The summed E-state index contributed by atoms with van der Waals surface area (Å²) < 4.78 is 0. The van der Waals surface area contributed by atoms with Crippen LogP contribution in [0.5, 0.6) is 0 Å². The highest BCUT2D eigenvalue weighted by Gasteiger charge is 2.03. The highest BCUT2D eigenvalue weighted by Crippen LogP contribution is 2.10. The minimum Gasteiger partial charge on any atom is -0.397 e. The van der Waals surface area contributed by atoms with Gasteiger partial charge >= 0.3 is 0 Å². The van der Waals surface area contributed by atoms with Crippen LogP contribution in [-0.2, 0) is 0 Å². The van der Waals surface area contributed by atoms with Gasteiger partial charge in [0.25, 0.3) is 5.69 Å². The fraction of sp³-hybridized carbons (Fsp3) is 0.222. The molecule has 0 heterocycles. The van der Waals surface area contributed by atoms with E-state index in [1.54, 1.807) is 6.92 Å². The van der Waals surface area contributed by atoms with Crippen molar-refractivity contribution in [2.75, 3.05) is 6.61 Å². The third-order valence-corrected chi connectivity index (χ3v) is 1.22. The van der Waals surface area contributed by atoms with Gasteiger partial charge in [0.05, 0.1) is 4.92 Å². The Kier molecular flexibility index (Phi) is 5.89. The molecule has 0 amide bonds. The Balaban J connectivity index is 0.000000500. The van der Waals surface area contributed by atoms with Crippen LogP contribution >= 0.6 is 0 Å². The molecule has 0 spiro atoms. The second-order valence-corrected chi connectivity index (χ2v) is 2.29. The zero-order valence-corrected chi connectivity index (χ0v) is 7.71. The Bertz CT molecular complexity index is 311. The number of hydrogen-bond donors (Lipinski definition) is 1. The summed E-state index contributed by atoms with van der Waals surface area (Å²) in [5, 5.41) is 17.7. The van der Waals surface area contributed by atoms with Gasteiger partial charge in [-0.15, -0.1) is 0 Å². The summed E-state index contributed by atoms with van der Waals surface area (Å²) in [5.74, 6) is 0. The molecular weight excluding hydrogens is 186 g/mol. The molecular formula is C9H11NO4. The van der Waals surface area contributed by atoms with E-state index in [1.165, 1.54) is 24.3 Å². The van der Waals surface area contributed by atoms with Crippen LogP contribution in [0.2, 0.25) is 0 Å². The van der Waals surface area contributed by atoms with Crippen molar-refractivity contribution in [3.63, 3.8) is 0 Å². The number of aliphatic hydroxyl groups excluding tert-OH is 1. The third kappa shape index (κ3) is 4.32. The molecule has 0 unspecified atom stereocenters. The lowest BCUT2D eigenvalue weighted by atomic mass is 10.2. The van der Waals surface area contributed by atoms with Gasteiger partial charge in [0.15, 0.2) is 0 Å². The number of nitrogens with zero attached hydrogens (tertiary/aromatic N) is 1. The number of rotatable bonds is 2. The molecule has 0 atom stereocenters. The van der Waals surface area contributed by atoms with Crippen molar-refractivity contribution in [3.8, 4) is 0 Å². The highest BCUT2D eigenvalue weighted by molar-refractivity contribution is 5.75. The van der Waals surface area contributed by atoms with Gasteiger partial charge in [0.1, 0.15) is 6.29 Å². The van der Waals surface area contributed by atoms with Crippen molar-refractivity contribution in [2.24, 2.45) is 0 Å². The van der Waals surface area contributed by atoms with Gasteiger partial charge in [-0.3, -0.25) is 14.9 Å². The summed E-state index contributed by atoms with van der Waals surface area (Å²) in [7, 11) is 0. The van der Waals surface area contributed by atoms with Gasteiger partial charge in [-0.2, -0.15) is 0 Å². The van der Waals surface area contributed by atoms with Crippen LogP contribution in [-0.4, -0.2) is 22.9 Å². The topological polar surface area (TPSA) is 80.4 Å². The number of benzene rings is 1. The van der Waals surface area contributed by atoms with Crippen LogP contribution in [0.4, 0.5) is 5.69 Å². The SMILES string of the molecule is CCO.O=Cc1cccc([N+](=O)[O-])c1. The number of aliphatic hydroxyl groups is 1. The van der Waals surface area contributed by atoms with Gasteiger partial charge in [-0.1, -0.05) is 12.1 Å². The van der Waals surface area contributed by atoms with Crippen molar-refractivity contribution < 1.29 is 14.8 Å². The lowest BCUT2D eigenvalue weighted by Gasteiger charge is -1.90. The second-order valence-electron chi connectivity index (χ2n) is 2.29. The number of aldehydes is 1. The van der Waals surface area contributed by atoms with Crippen molar-refractivity contribution >= 4 is 12.0 Å². The Morgan fingerprint density at radius 3 is 2.57 bits per heavy atom. The maximum atomic E-state index is 10.2. The Hall–Kier alpha value is -1.75. The molecule has 76 valence electrons. The minimum absolute atomic E-state index is 0.0606. The van der Waals surface area contributed by atoms with E-state index in [2.05, 4.69) is 0 Å². The van der Waals surface area contributed by atoms with E-state index in [0.29, 0.717) is 11.8 Å². The number of carbonyl (C=O) groups excluding carboxylic acids is 1. The van der Waals surface area contributed by atoms with E-state index in [-0.39, 0.29) is 12.3 Å². The van der Waals surface area contributed by atoms with Crippen molar-refractivity contribution in [1.29, 1.82) is 0 Å². The molecule has 0 aromatic heterocycles. The average Bonchev–Trinajstić information content (AvgIpc) is 2.19. The summed E-state index contributed by atoms with van der Waals surface area (Å²) in [6, 6.07) is 5.56. The van der Waals surface area contributed by atoms with Gasteiger partial charge in [-0.05, 0) is 6.92 Å². The molecule has 5 nitrogen and oxygen atoms in total. The van der Waals surface area contributed by atoms with E-state index in [4.69, 9.17) is 5.11 Å². The van der Waals surface area contributed by atoms with E-state index in [1.807, 2.05) is 0 Å². The predicted molar refractivity (Wildman–Crippen MR) is 51.2 cm³/mol. The fourth-order valence-electron chi connectivity index (χ4n) is 0.712. The van der Waals surface area contributed by atoms with Crippen LogP contribution in [0.3, 0.4) is 0 Å². The molecule has 0 saturated carbocycles. The number of hydrogen-bond acceptors (Lipinski definition) is 4. The standard InChI is InChI=1S/C7H5NO3.C2H6O/c9-5-6-2-1-3-7(4-6)8(10)11;1-2-3/h1-5H;3H,2H2,1H3. The first kappa shape index (κ1) is 12.2. The molecule has 5 heteroatoms. The first-order valence-electron chi connectivity index (χ1n) is 3.96. The van der Waals surface area contributed by atoms with Gasteiger partial charge in [-0.25, -0.2) is 0 Å². The molecule has 1 N–H and O–H groups in total. The Labute approximate surface area is 81.1 Å². The smallest absolute Gasteiger partial charge is 0.270 e. The molecule has 0 radical (unpaired) electrons. The number of nitro benzene ring substituents is 1. The first-order valence-corrected chi connectivity index (χ1v) is 3.96. The van der Waals surface area contributed by atoms with E-state index < -0.39 is 4.92 Å². The summed E-state index contributed by atoms with van der Waals surface area (Å²) >= 11 is 0. The molecule has 0 aliphatic carbocycles. The molecule has 1 aromatic carbocycles. The summed E-state index contributed by atoms with van der Waals surface area (Å²) in [5.41, 5.74) is 0.258. The summed E-state index contributed by atoms with van der Waals surface area (Å²) in [6.45, 7) is 1.93. The molecule has 1 aromatic rings. The van der Waals surface area contributed by atoms with Crippen LogP contribution in [0.1, 0.15) is 17.3 Å². The van der Waals surface area contributed by atoms with Gasteiger partial charge in [0.2, 0.25) is 0 Å². The van der Waals surface area contributed by atoms with Crippen LogP contribution in [0.25, 0.3) is 0 Å². The Morgan fingerprint density at radius 2 is 2.14 bits per heavy atom. The van der Waals surface area contributed by atoms with Crippen molar-refractivity contribution in [3.05, 3.63) is 39.9 Å². The molecule has 1 rings (SSSR count). The van der Waals surface area contributed by atoms with Crippen LogP contribution < -0.4 is 0 Å². The number of non-ortho nitro benzene ring substituents is 1. The zero-order chi connectivity index (χ0) is 11.0. The van der Waals surface area contributed by atoms with Gasteiger partial charge < -0.3 is 5.11 Å². The van der Waals surface area contributed by atoms with Crippen molar-refractivity contribution in [1.82, 2.24) is 0 Å². The summed E-state index contributed by atoms with van der Waals surface area (Å²) in [4.78, 5) is 19.8. The van der Waals surface area contributed by atoms with Crippen LogP contribution in [0.15, 0.2) is 24.3 Å². The second kappa shape index (κ2) is 6.73. The fourth-order valence-corrected chi connectivity index (χ4v) is 0.712. The molecule has 0 saturated heterocycles. The predicted octanol–water partition coefficient (Wildman–Crippen LogP) is 1.41. The largest absolute Gasteiger partial charge is 0.397 e. The molecule has 0 aliphatic rings. The summed E-state index contributed by atoms with van der Waals surface area (Å²) in [6.07, 6.45) is 0.576. The maximum Gasteiger partial charge on any atom is 0.270 e. The molecule has 0 bridgehead atoms. The highest BCUT2D eigenvalue weighted by atomic mass is 16.6. The molecule has 0 fully saturated rings. The normalized spacial score (nSPS) is 8.43. The monoisotopic (exact) mass is 197 g/mol. The minimum atomic E-state index is -0.535. The average molecular weight is 197 g/mol. The lowest BCUT2D eigenvalue weighted by molar-refractivity contribution is -0.384. The maximum absolute atomic E-state index is 10.2. The first-order chi connectivity index (χ1) is 6.65. The number of carbonyl (C=O) groups is 1.